The minimum absolute atomic E-state index is 0.0259. The van der Waals surface area contributed by atoms with E-state index in [1.54, 1.807) is 31.0 Å². The third kappa shape index (κ3) is 4.27. The molecule has 0 saturated heterocycles. The van der Waals surface area contributed by atoms with Crippen molar-refractivity contribution < 1.29 is 14.3 Å². The molecule has 3 rings (SSSR count). The number of carbonyl (C=O) groups excluding carboxylic acids is 1. The molecule has 1 aromatic carbocycles. The molecule has 1 N–H and O–H groups in total. The third-order valence-electron chi connectivity index (χ3n) is 3.97. The molecule has 0 aliphatic carbocycles. The van der Waals surface area contributed by atoms with Gasteiger partial charge in [0.15, 0.2) is 11.5 Å². The van der Waals surface area contributed by atoms with Crippen molar-refractivity contribution in [3.05, 3.63) is 48.0 Å². The fourth-order valence-corrected chi connectivity index (χ4v) is 2.65. The molecule has 0 saturated carbocycles. The molecule has 0 atom stereocenters. The van der Waals surface area contributed by atoms with Crippen LogP contribution in [0.15, 0.2) is 36.9 Å². The molecule has 0 aliphatic heterocycles. The predicted octanol–water partition coefficient (Wildman–Crippen LogP) is 1.43. The Bertz CT molecular complexity index is 893. The van der Waals surface area contributed by atoms with Crippen molar-refractivity contribution in [1.82, 2.24) is 24.9 Å². The molecule has 2 heterocycles. The van der Waals surface area contributed by atoms with Crippen molar-refractivity contribution >= 4 is 11.7 Å². The number of carbonyl (C=O) groups is 1. The molecule has 8 heteroatoms. The molecule has 1 amide bonds. The van der Waals surface area contributed by atoms with Gasteiger partial charge in [-0.15, -0.1) is 0 Å². The maximum atomic E-state index is 12.1. The van der Waals surface area contributed by atoms with E-state index in [4.69, 9.17) is 9.47 Å². The van der Waals surface area contributed by atoms with E-state index in [1.165, 1.54) is 6.33 Å². The van der Waals surface area contributed by atoms with Crippen LogP contribution in [0.2, 0.25) is 0 Å². The maximum absolute atomic E-state index is 12.1. The highest BCUT2D eigenvalue weighted by molar-refractivity contribution is 5.78. The van der Waals surface area contributed by atoms with Crippen LogP contribution in [0.3, 0.4) is 0 Å². The molecule has 0 bridgehead atoms. The Morgan fingerprint density at radius 3 is 2.81 bits per heavy atom. The van der Waals surface area contributed by atoms with E-state index in [9.17, 15) is 4.79 Å². The summed E-state index contributed by atoms with van der Waals surface area (Å²) in [5.74, 6) is 1.82. The molecule has 0 fully saturated rings. The van der Waals surface area contributed by atoms with E-state index in [1.807, 2.05) is 18.3 Å². The second kappa shape index (κ2) is 8.28. The molecule has 0 aliphatic rings. The number of aryl methyl sites for hydroxylation is 1. The second-order valence-corrected chi connectivity index (χ2v) is 5.79. The zero-order chi connectivity index (χ0) is 18.4. The van der Waals surface area contributed by atoms with Crippen LogP contribution in [0.5, 0.6) is 11.5 Å². The number of hydrogen-bond acceptors (Lipinski definition) is 6. The number of nitrogens with zero attached hydrogens (tertiary/aromatic N) is 4. The second-order valence-electron chi connectivity index (χ2n) is 5.79. The number of benzene rings is 1. The Hall–Kier alpha value is -3.16. The predicted molar refractivity (Wildman–Crippen MR) is 95.4 cm³/mol. The molecule has 2 aromatic heterocycles. The third-order valence-corrected chi connectivity index (χ3v) is 3.97. The van der Waals surface area contributed by atoms with Crippen LogP contribution in [0.4, 0.5) is 0 Å². The summed E-state index contributed by atoms with van der Waals surface area (Å²) in [5.41, 5.74) is 1.93. The summed E-state index contributed by atoms with van der Waals surface area (Å²) >= 11 is 0. The minimum atomic E-state index is -0.0259. The Morgan fingerprint density at radius 2 is 2.00 bits per heavy atom. The lowest BCUT2D eigenvalue weighted by Crippen LogP contribution is -2.26. The Kier molecular flexibility index (Phi) is 5.62. The SMILES string of the molecule is COc1ccc(CC(=O)NCCCc2cnc3ncnn3c2)cc1OC. The number of aromatic nitrogens is 4. The van der Waals surface area contributed by atoms with Crippen LogP contribution in [-0.2, 0) is 17.6 Å². The van der Waals surface area contributed by atoms with Gasteiger partial charge in [-0.2, -0.15) is 10.1 Å². The highest BCUT2D eigenvalue weighted by Gasteiger charge is 2.08. The molecule has 26 heavy (non-hydrogen) atoms. The van der Waals surface area contributed by atoms with Crippen LogP contribution in [0, 0.1) is 0 Å². The molecule has 0 radical (unpaired) electrons. The number of methoxy groups -OCH3 is 2. The van der Waals surface area contributed by atoms with E-state index in [0.717, 1.165) is 24.0 Å². The molecule has 136 valence electrons. The summed E-state index contributed by atoms with van der Waals surface area (Å²) in [7, 11) is 3.16. The van der Waals surface area contributed by atoms with Gasteiger partial charge in [-0.25, -0.2) is 9.50 Å². The standard InChI is InChI=1S/C18H21N5O3/c1-25-15-6-5-13(8-16(15)26-2)9-17(24)19-7-3-4-14-10-20-18-21-12-22-23(18)11-14/h5-6,8,10-12H,3-4,7,9H2,1-2H3,(H,19,24). The zero-order valence-electron chi connectivity index (χ0n) is 14.8. The summed E-state index contributed by atoms with van der Waals surface area (Å²) < 4.78 is 12.1. The van der Waals surface area contributed by atoms with Gasteiger partial charge in [0, 0.05) is 18.9 Å². The molecule has 0 unspecified atom stereocenters. The van der Waals surface area contributed by atoms with Gasteiger partial charge >= 0.3 is 0 Å². The largest absolute Gasteiger partial charge is 0.493 e. The Labute approximate surface area is 151 Å². The van der Waals surface area contributed by atoms with Gasteiger partial charge in [0.2, 0.25) is 5.91 Å². The van der Waals surface area contributed by atoms with Gasteiger partial charge in [0.05, 0.1) is 20.6 Å². The summed E-state index contributed by atoms with van der Waals surface area (Å²) in [6.07, 6.45) is 7.09. The highest BCUT2D eigenvalue weighted by Crippen LogP contribution is 2.27. The van der Waals surface area contributed by atoms with Crippen LogP contribution in [-0.4, -0.2) is 46.3 Å². The summed E-state index contributed by atoms with van der Waals surface area (Å²) in [6.45, 7) is 0.599. The van der Waals surface area contributed by atoms with E-state index in [-0.39, 0.29) is 5.91 Å². The van der Waals surface area contributed by atoms with E-state index >= 15 is 0 Å². The first-order chi connectivity index (χ1) is 12.7. The van der Waals surface area contributed by atoms with Gasteiger partial charge in [0.1, 0.15) is 6.33 Å². The average molecular weight is 355 g/mol. The normalized spacial score (nSPS) is 10.7. The number of rotatable bonds is 8. The highest BCUT2D eigenvalue weighted by atomic mass is 16.5. The number of nitrogens with one attached hydrogen (secondary N) is 1. The van der Waals surface area contributed by atoms with Gasteiger partial charge < -0.3 is 14.8 Å². The Balaban J connectivity index is 1.45. The van der Waals surface area contributed by atoms with Crippen LogP contribution in [0.1, 0.15) is 17.5 Å². The fraction of sp³-hybridized carbons (Fsp3) is 0.333. The Morgan fingerprint density at radius 1 is 1.15 bits per heavy atom. The summed E-state index contributed by atoms with van der Waals surface area (Å²) in [4.78, 5) is 20.3. The monoisotopic (exact) mass is 355 g/mol. The topological polar surface area (TPSA) is 90.6 Å². The van der Waals surface area contributed by atoms with E-state index < -0.39 is 0 Å². The molecule has 8 nitrogen and oxygen atoms in total. The van der Waals surface area contributed by atoms with Crippen molar-refractivity contribution in [3.63, 3.8) is 0 Å². The van der Waals surface area contributed by atoms with Crippen molar-refractivity contribution in [2.45, 2.75) is 19.3 Å². The summed E-state index contributed by atoms with van der Waals surface area (Å²) in [5, 5.41) is 7.00. The lowest BCUT2D eigenvalue weighted by atomic mass is 10.1. The quantitative estimate of drug-likeness (QED) is 0.615. The molecule has 3 aromatic rings. The number of amides is 1. The first-order valence-electron chi connectivity index (χ1n) is 8.31. The van der Waals surface area contributed by atoms with Crippen molar-refractivity contribution in [1.29, 1.82) is 0 Å². The number of hydrogen-bond donors (Lipinski definition) is 1. The summed E-state index contributed by atoms with van der Waals surface area (Å²) in [6, 6.07) is 5.48. The lowest BCUT2D eigenvalue weighted by molar-refractivity contribution is -0.120. The van der Waals surface area contributed by atoms with E-state index in [2.05, 4.69) is 20.4 Å². The first kappa shape index (κ1) is 17.7. The van der Waals surface area contributed by atoms with Gasteiger partial charge in [-0.3, -0.25) is 4.79 Å². The van der Waals surface area contributed by atoms with Crippen molar-refractivity contribution in [2.75, 3.05) is 20.8 Å². The zero-order valence-corrected chi connectivity index (χ0v) is 14.8. The van der Waals surface area contributed by atoms with E-state index in [0.29, 0.717) is 30.2 Å². The average Bonchev–Trinajstić information content (AvgIpc) is 3.13. The molecular weight excluding hydrogens is 334 g/mol. The number of fused-ring (bicyclic) bond motifs is 1. The van der Waals surface area contributed by atoms with Crippen LogP contribution >= 0.6 is 0 Å². The number of ether oxygens (including phenoxy) is 2. The van der Waals surface area contributed by atoms with Crippen molar-refractivity contribution in [3.8, 4) is 11.5 Å². The lowest BCUT2D eigenvalue weighted by Gasteiger charge is -2.10. The molecule has 0 spiro atoms. The maximum Gasteiger partial charge on any atom is 0.252 e. The smallest absolute Gasteiger partial charge is 0.252 e. The minimum Gasteiger partial charge on any atom is -0.493 e. The fourth-order valence-electron chi connectivity index (χ4n) is 2.65. The van der Waals surface area contributed by atoms with Gasteiger partial charge in [-0.05, 0) is 36.1 Å². The first-order valence-corrected chi connectivity index (χ1v) is 8.31. The van der Waals surface area contributed by atoms with Crippen LogP contribution in [0.25, 0.3) is 5.78 Å². The molecular formula is C18H21N5O3. The van der Waals surface area contributed by atoms with Crippen molar-refractivity contribution in [2.24, 2.45) is 0 Å². The van der Waals surface area contributed by atoms with Gasteiger partial charge in [-0.1, -0.05) is 6.07 Å². The van der Waals surface area contributed by atoms with Gasteiger partial charge in [0.25, 0.3) is 5.78 Å². The van der Waals surface area contributed by atoms with Crippen LogP contribution < -0.4 is 14.8 Å².